The minimum Gasteiger partial charge on any atom is -0.478 e. The predicted molar refractivity (Wildman–Crippen MR) is 84.4 cm³/mol. The lowest BCUT2D eigenvalue weighted by Gasteiger charge is -2.05. The fourth-order valence-electron chi connectivity index (χ4n) is 1.74. The first-order valence-corrected chi connectivity index (χ1v) is 6.72. The van der Waals surface area contributed by atoms with Crippen molar-refractivity contribution in [2.24, 2.45) is 0 Å². The standard InChI is InChI=1S/C17H19NO3/c1-3-7-13(8-4-2)11-12-16(19)18-15-10-6-5-9-14(15)17(20)21/h3,5-12H,4H2,1-2H3,(H,18,19)(H,20,21)/b7-3-,12-11+,13-8+. The predicted octanol–water partition coefficient (Wildman–Crippen LogP) is 3.79. The zero-order valence-electron chi connectivity index (χ0n) is 12.2. The number of amides is 1. The Hall–Kier alpha value is -2.62. The number of carbonyl (C=O) groups excluding carboxylic acids is 1. The molecule has 0 aliphatic carbocycles. The molecule has 0 heterocycles. The van der Waals surface area contributed by atoms with E-state index in [1.807, 2.05) is 32.1 Å². The lowest BCUT2D eigenvalue weighted by atomic mass is 10.1. The molecular formula is C17H19NO3. The van der Waals surface area contributed by atoms with E-state index >= 15 is 0 Å². The molecule has 0 aromatic heterocycles. The summed E-state index contributed by atoms with van der Waals surface area (Å²) in [5, 5.41) is 11.6. The average Bonchev–Trinajstić information content (AvgIpc) is 2.45. The van der Waals surface area contributed by atoms with Crippen LogP contribution in [0.5, 0.6) is 0 Å². The highest BCUT2D eigenvalue weighted by molar-refractivity contribution is 6.04. The van der Waals surface area contributed by atoms with Gasteiger partial charge in [0.25, 0.3) is 0 Å². The highest BCUT2D eigenvalue weighted by atomic mass is 16.4. The van der Waals surface area contributed by atoms with Gasteiger partial charge >= 0.3 is 5.97 Å². The monoisotopic (exact) mass is 285 g/mol. The van der Waals surface area contributed by atoms with Gasteiger partial charge in [-0.2, -0.15) is 0 Å². The van der Waals surface area contributed by atoms with Gasteiger partial charge in [-0.25, -0.2) is 4.79 Å². The number of hydrogen-bond acceptors (Lipinski definition) is 2. The van der Waals surface area contributed by atoms with E-state index in [4.69, 9.17) is 5.11 Å². The summed E-state index contributed by atoms with van der Waals surface area (Å²) in [6.07, 6.45) is 9.74. The summed E-state index contributed by atoms with van der Waals surface area (Å²) in [7, 11) is 0. The van der Waals surface area contributed by atoms with Crippen LogP contribution < -0.4 is 5.32 Å². The van der Waals surface area contributed by atoms with Gasteiger partial charge < -0.3 is 10.4 Å². The van der Waals surface area contributed by atoms with Crippen molar-refractivity contribution in [1.82, 2.24) is 0 Å². The van der Waals surface area contributed by atoms with Crippen LogP contribution in [-0.2, 0) is 4.79 Å². The first kappa shape index (κ1) is 16.4. The minimum absolute atomic E-state index is 0.0667. The molecule has 0 aliphatic heterocycles. The van der Waals surface area contributed by atoms with Crippen LogP contribution in [0.25, 0.3) is 0 Å². The number of benzene rings is 1. The van der Waals surface area contributed by atoms with E-state index in [-0.39, 0.29) is 17.2 Å². The van der Waals surface area contributed by atoms with Gasteiger partial charge in [0.05, 0.1) is 11.3 Å². The summed E-state index contributed by atoms with van der Waals surface area (Å²) in [6.45, 7) is 3.92. The molecule has 1 amide bonds. The van der Waals surface area contributed by atoms with Crippen LogP contribution in [0, 0.1) is 0 Å². The van der Waals surface area contributed by atoms with Crippen molar-refractivity contribution >= 4 is 17.6 Å². The van der Waals surface area contributed by atoms with Crippen molar-refractivity contribution < 1.29 is 14.7 Å². The van der Waals surface area contributed by atoms with Crippen molar-refractivity contribution in [3.63, 3.8) is 0 Å². The van der Waals surface area contributed by atoms with Gasteiger partial charge in [-0.1, -0.05) is 37.3 Å². The second-order valence-electron chi connectivity index (χ2n) is 4.29. The molecule has 4 nitrogen and oxygen atoms in total. The number of rotatable bonds is 6. The van der Waals surface area contributed by atoms with Crippen LogP contribution in [0.1, 0.15) is 30.6 Å². The van der Waals surface area contributed by atoms with Gasteiger partial charge in [-0.15, -0.1) is 0 Å². The lowest BCUT2D eigenvalue weighted by Crippen LogP contribution is -2.11. The van der Waals surface area contributed by atoms with Crippen molar-refractivity contribution in [1.29, 1.82) is 0 Å². The molecule has 0 atom stereocenters. The first-order chi connectivity index (χ1) is 10.1. The summed E-state index contributed by atoms with van der Waals surface area (Å²) in [5.74, 6) is -1.44. The van der Waals surface area contributed by atoms with Gasteiger partial charge in [0, 0.05) is 6.08 Å². The third-order valence-corrected chi connectivity index (χ3v) is 2.64. The Bertz CT molecular complexity index is 598. The molecule has 0 unspecified atom stereocenters. The zero-order valence-corrected chi connectivity index (χ0v) is 12.2. The molecule has 0 aliphatic rings. The maximum Gasteiger partial charge on any atom is 0.337 e. The van der Waals surface area contributed by atoms with Crippen LogP contribution >= 0.6 is 0 Å². The molecule has 1 aromatic carbocycles. The quantitative estimate of drug-likeness (QED) is 0.617. The number of hydrogen-bond donors (Lipinski definition) is 2. The Morgan fingerprint density at radius 3 is 2.52 bits per heavy atom. The average molecular weight is 285 g/mol. The minimum atomic E-state index is -1.07. The number of para-hydroxylation sites is 1. The largest absolute Gasteiger partial charge is 0.478 e. The maximum absolute atomic E-state index is 11.9. The van der Waals surface area contributed by atoms with E-state index < -0.39 is 5.97 Å². The second kappa shape index (κ2) is 8.53. The van der Waals surface area contributed by atoms with Gasteiger partial charge in [0.2, 0.25) is 5.91 Å². The van der Waals surface area contributed by atoms with Gasteiger partial charge in [-0.3, -0.25) is 4.79 Å². The molecule has 21 heavy (non-hydrogen) atoms. The molecule has 1 aromatic rings. The summed E-state index contributed by atoms with van der Waals surface area (Å²) < 4.78 is 0. The van der Waals surface area contributed by atoms with Crippen LogP contribution in [0.3, 0.4) is 0 Å². The van der Waals surface area contributed by atoms with Crippen LogP contribution in [0.15, 0.2) is 60.2 Å². The zero-order chi connectivity index (χ0) is 15.7. The Kier molecular flexibility index (Phi) is 6.68. The SMILES string of the molecule is C\C=C/C(/C=C/C(=O)Nc1ccccc1C(=O)O)=C\CC. The van der Waals surface area contributed by atoms with E-state index in [1.165, 1.54) is 12.1 Å². The Labute approximate surface area is 124 Å². The molecule has 1 rings (SSSR count). The Morgan fingerprint density at radius 1 is 1.19 bits per heavy atom. The van der Waals surface area contributed by atoms with E-state index in [0.717, 1.165) is 12.0 Å². The fourth-order valence-corrected chi connectivity index (χ4v) is 1.74. The van der Waals surface area contributed by atoms with E-state index in [9.17, 15) is 9.59 Å². The third-order valence-electron chi connectivity index (χ3n) is 2.64. The van der Waals surface area contributed by atoms with E-state index in [2.05, 4.69) is 5.32 Å². The molecule has 0 fully saturated rings. The van der Waals surface area contributed by atoms with Gasteiger partial charge in [0.1, 0.15) is 0 Å². The number of carboxylic acid groups (broad SMARTS) is 1. The third kappa shape index (κ3) is 5.48. The van der Waals surface area contributed by atoms with Crippen LogP contribution in [0.4, 0.5) is 5.69 Å². The fraction of sp³-hybridized carbons (Fsp3) is 0.176. The number of carboxylic acids is 1. The highest BCUT2D eigenvalue weighted by Gasteiger charge is 2.09. The summed E-state index contributed by atoms with van der Waals surface area (Å²) in [4.78, 5) is 22.9. The number of aromatic carboxylic acids is 1. The van der Waals surface area contributed by atoms with E-state index in [1.54, 1.807) is 24.3 Å². The molecule has 0 bridgehead atoms. The molecule has 0 saturated heterocycles. The second-order valence-corrected chi connectivity index (χ2v) is 4.29. The van der Waals surface area contributed by atoms with Gasteiger partial charge in [0.15, 0.2) is 0 Å². The summed E-state index contributed by atoms with van der Waals surface area (Å²) in [5.41, 5.74) is 1.28. The molecule has 4 heteroatoms. The molecular weight excluding hydrogens is 266 g/mol. The first-order valence-electron chi connectivity index (χ1n) is 6.72. The Morgan fingerprint density at radius 2 is 1.90 bits per heavy atom. The van der Waals surface area contributed by atoms with Crippen LogP contribution in [-0.4, -0.2) is 17.0 Å². The molecule has 0 spiro atoms. The number of carbonyl (C=O) groups is 2. The molecule has 0 radical (unpaired) electrons. The number of nitrogens with one attached hydrogen (secondary N) is 1. The molecule has 110 valence electrons. The molecule has 2 N–H and O–H groups in total. The summed E-state index contributed by atoms with van der Waals surface area (Å²) >= 11 is 0. The number of allylic oxidation sites excluding steroid dienone is 5. The van der Waals surface area contributed by atoms with Crippen LogP contribution in [0.2, 0.25) is 0 Å². The summed E-state index contributed by atoms with van der Waals surface area (Å²) in [6, 6.07) is 6.30. The normalized spacial score (nSPS) is 12.0. The van der Waals surface area contributed by atoms with Crippen molar-refractivity contribution in [2.75, 3.05) is 5.32 Å². The molecule has 0 saturated carbocycles. The maximum atomic E-state index is 11.9. The highest BCUT2D eigenvalue weighted by Crippen LogP contribution is 2.14. The lowest BCUT2D eigenvalue weighted by molar-refractivity contribution is -0.111. The van der Waals surface area contributed by atoms with Crippen molar-refractivity contribution in [2.45, 2.75) is 20.3 Å². The topological polar surface area (TPSA) is 66.4 Å². The van der Waals surface area contributed by atoms with Crippen molar-refractivity contribution in [3.05, 3.63) is 65.8 Å². The number of anilines is 1. The van der Waals surface area contributed by atoms with E-state index in [0.29, 0.717) is 0 Å². The van der Waals surface area contributed by atoms with Gasteiger partial charge in [-0.05, 0) is 37.1 Å². The smallest absolute Gasteiger partial charge is 0.337 e. The van der Waals surface area contributed by atoms with Crippen molar-refractivity contribution in [3.8, 4) is 0 Å². The Balaban J connectivity index is 2.83.